The zero-order valence-electron chi connectivity index (χ0n) is 8.76. The molecule has 1 heterocycles. The lowest BCUT2D eigenvalue weighted by Gasteiger charge is -2.08. The van der Waals surface area contributed by atoms with Crippen LogP contribution in [0.2, 0.25) is 0 Å². The Morgan fingerprint density at radius 2 is 2.15 bits per heavy atom. The second kappa shape index (κ2) is 4.21. The number of nitrogens with zero attached hydrogens (tertiary/aromatic N) is 2. The molecule has 0 aliphatic heterocycles. The average molecular weight is 179 g/mol. The topological polar surface area (TPSA) is 37.8 Å². The van der Waals surface area contributed by atoms with Gasteiger partial charge < -0.3 is 5.32 Å². The zero-order chi connectivity index (χ0) is 9.84. The van der Waals surface area contributed by atoms with E-state index in [1.165, 1.54) is 5.56 Å². The van der Waals surface area contributed by atoms with Crippen LogP contribution in [-0.2, 0) is 6.42 Å². The number of aryl methyl sites for hydroxylation is 1. The molecule has 1 rings (SSSR count). The molecule has 0 unspecified atom stereocenters. The van der Waals surface area contributed by atoms with Gasteiger partial charge in [-0.05, 0) is 24.8 Å². The van der Waals surface area contributed by atoms with Gasteiger partial charge in [0.1, 0.15) is 0 Å². The first kappa shape index (κ1) is 9.96. The molecular weight excluding hydrogens is 162 g/mol. The molecular formula is C10H17N3. The average Bonchev–Trinajstić information content (AvgIpc) is 2.08. The van der Waals surface area contributed by atoms with Crippen LogP contribution in [-0.4, -0.2) is 17.0 Å². The van der Waals surface area contributed by atoms with Crippen LogP contribution in [0.3, 0.4) is 0 Å². The molecule has 1 aromatic heterocycles. The van der Waals surface area contributed by atoms with Crippen LogP contribution in [0.1, 0.15) is 25.1 Å². The van der Waals surface area contributed by atoms with E-state index < -0.39 is 0 Å². The van der Waals surface area contributed by atoms with Crippen molar-refractivity contribution >= 4 is 5.95 Å². The van der Waals surface area contributed by atoms with E-state index in [9.17, 15) is 0 Å². The van der Waals surface area contributed by atoms with Gasteiger partial charge in [-0.1, -0.05) is 13.8 Å². The summed E-state index contributed by atoms with van der Waals surface area (Å²) in [5.74, 6) is 1.35. The molecule has 0 atom stereocenters. The van der Waals surface area contributed by atoms with Gasteiger partial charge in [-0.25, -0.2) is 9.97 Å². The second-order valence-electron chi connectivity index (χ2n) is 3.67. The zero-order valence-corrected chi connectivity index (χ0v) is 8.76. The van der Waals surface area contributed by atoms with Gasteiger partial charge >= 0.3 is 0 Å². The molecule has 0 aromatic carbocycles. The monoisotopic (exact) mass is 179 g/mol. The summed E-state index contributed by atoms with van der Waals surface area (Å²) in [5, 5.41) is 2.95. The van der Waals surface area contributed by atoms with Gasteiger partial charge in [-0.15, -0.1) is 0 Å². The fourth-order valence-electron chi connectivity index (χ4n) is 1.19. The van der Waals surface area contributed by atoms with Crippen molar-refractivity contribution in [2.24, 2.45) is 5.92 Å². The Balaban J connectivity index is 2.90. The summed E-state index contributed by atoms with van der Waals surface area (Å²) < 4.78 is 0. The van der Waals surface area contributed by atoms with Crippen molar-refractivity contribution in [1.82, 2.24) is 9.97 Å². The SMILES string of the molecule is CNc1ncc(C)c(CC(C)C)n1. The number of nitrogens with one attached hydrogen (secondary N) is 1. The third kappa shape index (κ3) is 2.68. The lowest BCUT2D eigenvalue weighted by Crippen LogP contribution is -2.04. The Morgan fingerprint density at radius 1 is 1.46 bits per heavy atom. The van der Waals surface area contributed by atoms with Crippen LogP contribution in [0.15, 0.2) is 6.20 Å². The summed E-state index contributed by atoms with van der Waals surface area (Å²) in [6, 6.07) is 0. The van der Waals surface area contributed by atoms with Crippen molar-refractivity contribution in [2.45, 2.75) is 27.2 Å². The van der Waals surface area contributed by atoms with E-state index in [0.29, 0.717) is 11.9 Å². The van der Waals surface area contributed by atoms with Crippen LogP contribution >= 0.6 is 0 Å². The van der Waals surface area contributed by atoms with E-state index in [2.05, 4.69) is 36.1 Å². The van der Waals surface area contributed by atoms with Gasteiger partial charge in [0.25, 0.3) is 0 Å². The van der Waals surface area contributed by atoms with E-state index in [-0.39, 0.29) is 0 Å². The summed E-state index contributed by atoms with van der Waals surface area (Å²) >= 11 is 0. The Bertz CT molecular complexity index is 281. The lowest BCUT2D eigenvalue weighted by molar-refractivity contribution is 0.631. The van der Waals surface area contributed by atoms with Gasteiger partial charge in [0.2, 0.25) is 5.95 Å². The van der Waals surface area contributed by atoms with Crippen molar-refractivity contribution in [3.63, 3.8) is 0 Å². The van der Waals surface area contributed by atoms with E-state index in [4.69, 9.17) is 0 Å². The fraction of sp³-hybridized carbons (Fsp3) is 0.600. The molecule has 0 spiro atoms. The van der Waals surface area contributed by atoms with E-state index in [1.807, 2.05) is 13.2 Å². The molecule has 0 fully saturated rings. The number of hydrogen-bond acceptors (Lipinski definition) is 3. The standard InChI is InChI=1S/C10H17N3/c1-7(2)5-9-8(3)6-12-10(11-4)13-9/h6-7H,5H2,1-4H3,(H,11,12,13). The maximum absolute atomic E-state index is 4.41. The first-order valence-corrected chi connectivity index (χ1v) is 4.63. The fourth-order valence-corrected chi connectivity index (χ4v) is 1.19. The quantitative estimate of drug-likeness (QED) is 0.771. The van der Waals surface area contributed by atoms with E-state index in [1.54, 1.807) is 0 Å². The summed E-state index contributed by atoms with van der Waals surface area (Å²) in [5.41, 5.74) is 2.32. The number of aromatic nitrogens is 2. The summed E-state index contributed by atoms with van der Waals surface area (Å²) in [7, 11) is 1.84. The molecule has 0 saturated heterocycles. The first-order chi connectivity index (χ1) is 6.13. The molecule has 0 saturated carbocycles. The molecule has 1 N–H and O–H groups in total. The number of hydrogen-bond donors (Lipinski definition) is 1. The molecule has 1 aromatic rings. The Kier molecular flexibility index (Phi) is 3.23. The highest BCUT2D eigenvalue weighted by molar-refractivity contribution is 5.28. The highest BCUT2D eigenvalue weighted by Crippen LogP contribution is 2.11. The predicted octanol–water partition coefficient (Wildman–Crippen LogP) is 2.03. The van der Waals surface area contributed by atoms with Crippen molar-refractivity contribution in [2.75, 3.05) is 12.4 Å². The Hall–Kier alpha value is -1.12. The maximum atomic E-state index is 4.41. The largest absolute Gasteiger partial charge is 0.357 e. The van der Waals surface area contributed by atoms with Crippen LogP contribution in [0.25, 0.3) is 0 Å². The predicted molar refractivity (Wildman–Crippen MR) is 54.9 cm³/mol. The molecule has 3 nitrogen and oxygen atoms in total. The van der Waals surface area contributed by atoms with Crippen LogP contribution in [0.5, 0.6) is 0 Å². The molecule has 0 aliphatic carbocycles. The minimum absolute atomic E-state index is 0.637. The molecule has 13 heavy (non-hydrogen) atoms. The van der Waals surface area contributed by atoms with E-state index in [0.717, 1.165) is 12.1 Å². The van der Waals surface area contributed by atoms with Gasteiger partial charge in [0, 0.05) is 18.9 Å². The van der Waals surface area contributed by atoms with Gasteiger partial charge in [-0.3, -0.25) is 0 Å². The molecule has 72 valence electrons. The number of anilines is 1. The molecule has 0 aliphatic rings. The normalized spacial score (nSPS) is 10.5. The van der Waals surface area contributed by atoms with Gasteiger partial charge in [0.05, 0.1) is 0 Å². The highest BCUT2D eigenvalue weighted by atomic mass is 15.1. The first-order valence-electron chi connectivity index (χ1n) is 4.63. The van der Waals surface area contributed by atoms with Crippen molar-refractivity contribution < 1.29 is 0 Å². The summed E-state index contributed by atoms with van der Waals surface area (Å²) in [6.07, 6.45) is 2.89. The molecule has 0 bridgehead atoms. The molecule has 0 radical (unpaired) electrons. The second-order valence-corrected chi connectivity index (χ2v) is 3.67. The smallest absolute Gasteiger partial charge is 0.222 e. The summed E-state index contributed by atoms with van der Waals surface area (Å²) in [6.45, 7) is 6.44. The van der Waals surface area contributed by atoms with Crippen LogP contribution < -0.4 is 5.32 Å². The molecule has 0 amide bonds. The third-order valence-electron chi connectivity index (χ3n) is 1.90. The van der Waals surface area contributed by atoms with Crippen LogP contribution in [0.4, 0.5) is 5.95 Å². The lowest BCUT2D eigenvalue weighted by atomic mass is 10.1. The maximum Gasteiger partial charge on any atom is 0.222 e. The van der Waals surface area contributed by atoms with Crippen molar-refractivity contribution in [3.05, 3.63) is 17.5 Å². The van der Waals surface area contributed by atoms with Gasteiger partial charge in [0.15, 0.2) is 0 Å². The van der Waals surface area contributed by atoms with Crippen molar-refractivity contribution in [3.8, 4) is 0 Å². The minimum atomic E-state index is 0.637. The third-order valence-corrected chi connectivity index (χ3v) is 1.90. The Morgan fingerprint density at radius 3 is 2.69 bits per heavy atom. The highest BCUT2D eigenvalue weighted by Gasteiger charge is 2.04. The Labute approximate surface area is 79.6 Å². The molecule has 3 heteroatoms. The van der Waals surface area contributed by atoms with Crippen LogP contribution in [0, 0.1) is 12.8 Å². The van der Waals surface area contributed by atoms with Gasteiger partial charge in [-0.2, -0.15) is 0 Å². The number of rotatable bonds is 3. The van der Waals surface area contributed by atoms with E-state index >= 15 is 0 Å². The van der Waals surface area contributed by atoms with Crippen molar-refractivity contribution in [1.29, 1.82) is 0 Å². The minimum Gasteiger partial charge on any atom is -0.357 e. The summed E-state index contributed by atoms with van der Waals surface area (Å²) in [4.78, 5) is 8.55.